The zero-order valence-electron chi connectivity index (χ0n) is 20.3. The number of aliphatic hydroxyl groups excluding tert-OH is 1. The summed E-state index contributed by atoms with van der Waals surface area (Å²) in [6, 6.07) is 6.08. The fourth-order valence-electron chi connectivity index (χ4n) is 5.38. The van der Waals surface area contributed by atoms with Crippen LogP contribution in [0.2, 0.25) is 4.34 Å². The molecule has 0 spiro atoms. The van der Waals surface area contributed by atoms with Gasteiger partial charge in [-0.2, -0.15) is 4.72 Å². The lowest BCUT2D eigenvalue weighted by Crippen LogP contribution is -2.55. The number of likely N-dealkylation sites (tertiary alicyclic amines) is 3. The van der Waals surface area contributed by atoms with E-state index in [2.05, 4.69) is 9.62 Å². The zero-order valence-corrected chi connectivity index (χ0v) is 23.5. The van der Waals surface area contributed by atoms with E-state index >= 15 is 0 Å². The number of thiophene rings is 2. The van der Waals surface area contributed by atoms with Crippen molar-refractivity contribution in [2.45, 2.75) is 54.5 Å². The Morgan fingerprint density at radius 3 is 2.54 bits per heavy atom. The molecule has 0 bridgehead atoms. The number of amides is 2. The Balaban J connectivity index is 1.19. The Kier molecular flexibility index (Phi) is 8.25. The van der Waals surface area contributed by atoms with Crippen molar-refractivity contribution in [1.82, 2.24) is 19.4 Å². The van der Waals surface area contributed by atoms with Gasteiger partial charge in [0.05, 0.1) is 17.0 Å². The molecule has 3 aliphatic rings. The van der Waals surface area contributed by atoms with Gasteiger partial charge in [0.25, 0.3) is 10.0 Å². The van der Waals surface area contributed by atoms with Crippen LogP contribution in [0.15, 0.2) is 28.5 Å². The lowest BCUT2D eigenvalue weighted by molar-refractivity contribution is -0.143. The summed E-state index contributed by atoms with van der Waals surface area (Å²) in [5.74, 6) is -0.458. The summed E-state index contributed by atoms with van der Waals surface area (Å²) in [6.45, 7) is 3.25. The topological polar surface area (TPSA) is 110 Å². The number of β-amino-alcohol motifs (C(OH)–C–C–N with tert-alkyl or cyclic N) is 1. The minimum Gasteiger partial charge on any atom is -0.392 e. The average Bonchev–Trinajstić information content (AvgIpc) is 3.64. The predicted octanol–water partition coefficient (Wildman–Crippen LogP) is 2.46. The summed E-state index contributed by atoms with van der Waals surface area (Å²) < 4.78 is 29.5. The second kappa shape index (κ2) is 11.3. The van der Waals surface area contributed by atoms with Crippen LogP contribution in [0.3, 0.4) is 0 Å². The summed E-state index contributed by atoms with van der Waals surface area (Å²) in [4.78, 5) is 33.6. The predicted molar refractivity (Wildman–Crippen MR) is 144 cm³/mol. The van der Waals surface area contributed by atoms with Gasteiger partial charge in [-0.05, 0) is 56.4 Å². The summed E-state index contributed by atoms with van der Waals surface area (Å²) in [6.07, 6.45) is 3.30. The Morgan fingerprint density at radius 1 is 1.05 bits per heavy atom. The van der Waals surface area contributed by atoms with Crippen molar-refractivity contribution in [2.75, 3.05) is 39.3 Å². The Labute approximate surface area is 230 Å². The van der Waals surface area contributed by atoms with Gasteiger partial charge in [-0.3, -0.25) is 14.5 Å². The highest BCUT2D eigenvalue weighted by molar-refractivity contribution is 7.91. The van der Waals surface area contributed by atoms with E-state index in [0.29, 0.717) is 36.8 Å². The molecular weight excluding hydrogens is 556 g/mol. The maximum atomic E-state index is 13.2. The van der Waals surface area contributed by atoms with Gasteiger partial charge in [0, 0.05) is 48.5 Å². The van der Waals surface area contributed by atoms with Crippen LogP contribution >= 0.6 is 34.3 Å². The fraction of sp³-hybridized carbons (Fsp3) is 0.583. The van der Waals surface area contributed by atoms with Gasteiger partial charge in [0.2, 0.25) is 11.8 Å². The van der Waals surface area contributed by atoms with Gasteiger partial charge >= 0.3 is 0 Å². The van der Waals surface area contributed by atoms with Gasteiger partial charge in [0.1, 0.15) is 10.3 Å². The SMILES string of the molecule is O=C1[C@@H](NS(=O)(=O)c2ccc(-c3ccc(Cl)s3)s2)CCCN1CC(=O)N1CCC[C@H]1CN1CCC(O)C1. The first kappa shape index (κ1) is 27.0. The van der Waals surface area contributed by atoms with E-state index in [-0.39, 0.29) is 34.7 Å². The molecule has 2 aromatic rings. The number of halogens is 1. The minimum atomic E-state index is -3.90. The molecule has 0 aliphatic carbocycles. The van der Waals surface area contributed by atoms with Crippen LogP contribution in [0.4, 0.5) is 0 Å². The maximum absolute atomic E-state index is 13.2. The van der Waals surface area contributed by atoms with E-state index < -0.39 is 16.1 Å². The molecule has 3 fully saturated rings. The first-order chi connectivity index (χ1) is 17.7. The van der Waals surface area contributed by atoms with Crippen LogP contribution in [0.25, 0.3) is 9.75 Å². The van der Waals surface area contributed by atoms with Gasteiger partial charge < -0.3 is 14.9 Å². The highest BCUT2D eigenvalue weighted by Gasteiger charge is 2.37. The molecule has 3 aliphatic heterocycles. The molecule has 37 heavy (non-hydrogen) atoms. The highest BCUT2D eigenvalue weighted by atomic mass is 35.5. The Morgan fingerprint density at radius 2 is 1.81 bits per heavy atom. The van der Waals surface area contributed by atoms with Gasteiger partial charge in [0.15, 0.2) is 0 Å². The van der Waals surface area contributed by atoms with E-state index in [4.69, 9.17) is 11.6 Å². The van der Waals surface area contributed by atoms with E-state index in [9.17, 15) is 23.1 Å². The second-order valence-corrected chi connectivity index (χ2v) is 14.6. The minimum absolute atomic E-state index is 0.0432. The van der Waals surface area contributed by atoms with E-state index in [1.54, 1.807) is 12.1 Å². The van der Waals surface area contributed by atoms with Crippen LogP contribution in [0.1, 0.15) is 32.1 Å². The zero-order chi connectivity index (χ0) is 26.2. The standard InChI is InChI=1S/C24H31ClN4O5S3/c25-21-7-5-19(35-21)20-6-8-23(36-20)37(33,34)26-18-4-2-10-28(24(18)32)15-22(31)29-11-1-3-16(29)13-27-12-9-17(30)14-27/h5-8,16-18,26,30H,1-4,9-15H2/t16-,17?,18-/m0/s1. The number of rotatable bonds is 8. The first-order valence-corrected chi connectivity index (χ1v) is 16.1. The number of nitrogens with zero attached hydrogens (tertiary/aromatic N) is 3. The van der Waals surface area contributed by atoms with Crippen LogP contribution in [-0.2, 0) is 19.6 Å². The second-order valence-electron chi connectivity index (χ2n) is 9.88. The molecule has 5 rings (SSSR count). The summed E-state index contributed by atoms with van der Waals surface area (Å²) in [5, 5.41) is 9.81. The van der Waals surface area contributed by atoms with Crippen molar-refractivity contribution in [2.24, 2.45) is 0 Å². The highest BCUT2D eigenvalue weighted by Crippen LogP contribution is 2.37. The molecule has 1 unspecified atom stereocenters. The van der Waals surface area contributed by atoms with Crippen molar-refractivity contribution >= 4 is 56.1 Å². The molecule has 0 saturated carbocycles. The van der Waals surface area contributed by atoms with Crippen molar-refractivity contribution in [3.63, 3.8) is 0 Å². The third kappa shape index (κ3) is 6.21. The molecule has 0 radical (unpaired) electrons. The molecule has 13 heteroatoms. The third-order valence-corrected chi connectivity index (χ3v) is 11.7. The molecule has 5 heterocycles. The quantitative estimate of drug-likeness (QED) is 0.492. The monoisotopic (exact) mass is 586 g/mol. The maximum Gasteiger partial charge on any atom is 0.250 e. The Bertz CT molecular complexity index is 1250. The molecule has 0 aromatic carbocycles. The van der Waals surface area contributed by atoms with Gasteiger partial charge in [-0.15, -0.1) is 22.7 Å². The molecule has 2 amide bonds. The summed E-state index contributed by atoms with van der Waals surface area (Å²) in [5.41, 5.74) is 0. The number of carbonyl (C=O) groups is 2. The van der Waals surface area contributed by atoms with E-state index in [1.807, 2.05) is 11.0 Å². The summed E-state index contributed by atoms with van der Waals surface area (Å²) in [7, 11) is -3.90. The number of nitrogens with one attached hydrogen (secondary N) is 1. The summed E-state index contributed by atoms with van der Waals surface area (Å²) >= 11 is 8.52. The van der Waals surface area contributed by atoms with Crippen molar-refractivity contribution < 1.29 is 23.1 Å². The molecule has 2 N–H and O–H groups in total. The third-order valence-electron chi connectivity index (χ3n) is 7.23. The number of sulfonamides is 1. The molecule has 3 saturated heterocycles. The van der Waals surface area contributed by atoms with Crippen LogP contribution < -0.4 is 4.72 Å². The van der Waals surface area contributed by atoms with E-state index in [0.717, 1.165) is 53.4 Å². The normalized spacial score (nSPS) is 25.4. The van der Waals surface area contributed by atoms with Crippen molar-refractivity contribution in [3.8, 4) is 9.75 Å². The number of hydrogen-bond donors (Lipinski definition) is 2. The Hall–Kier alpha value is -1.54. The lowest BCUT2D eigenvalue weighted by atomic mass is 10.1. The fourth-order valence-corrected chi connectivity index (χ4v) is 9.06. The van der Waals surface area contributed by atoms with Gasteiger partial charge in [-0.1, -0.05) is 11.6 Å². The van der Waals surface area contributed by atoms with E-state index in [1.165, 1.54) is 22.3 Å². The molecule has 9 nitrogen and oxygen atoms in total. The first-order valence-electron chi connectivity index (χ1n) is 12.6. The van der Waals surface area contributed by atoms with Crippen LogP contribution in [-0.4, -0.2) is 97.5 Å². The molecule has 3 atom stereocenters. The van der Waals surface area contributed by atoms with Crippen molar-refractivity contribution in [1.29, 1.82) is 0 Å². The smallest absolute Gasteiger partial charge is 0.250 e. The van der Waals surface area contributed by atoms with Gasteiger partial charge in [-0.25, -0.2) is 8.42 Å². The van der Waals surface area contributed by atoms with Crippen LogP contribution in [0, 0.1) is 0 Å². The number of carbonyl (C=O) groups excluding carboxylic acids is 2. The average molecular weight is 587 g/mol. The number of piperidine rings is 1. The number of hydrogen-bond acceptors (Lipinski definition) is 8. The van der Waals surface area contributed by atoms with Crippen molar-refractivity contribution in [3.05, 3.63) is 28.6 Å². The lowest BCUT2D eigenvalue weighted by Gasteiger charge is -2.34. The largest absolute Gasteiger partial charge is 0.392 e. The molecule has 202 valence electrons. The van der Waals surface area contributed by atoms with Crippen LogP contribution in [0.5, 0.6) is 0 Å². The molecule has 2 aromatic heterocycles. The molecular formula is C24H31ClN4O5S3. The number of aliphatic hydroxyl groups is 1.